The molecule has 0 aromatic heterocycles. The monoisotopic (exact) mass is 293 g/mol. The first kappa shape index (κ1) is 16.8. The van der Waals surface area contributed by atoms with Gasteiger partial charge >= 0.3 is 12.0 Å². The van der Waals surface area contributed by atoms with E-state index in [2.05, 4.69) is 5.32 Å². The molecule has 1 rings (SSSR count). The van der Waals surface area contributed by atoms with Gasteiger partial charge in [0.15, 0.2) is 0 Å². The molecule has 0 aliphatic rings. The molecule has 1 unspecified atom stereocenters. The first-order valence-electron chi connectivity index (χ1n) is 6.91. The van der Waals surface area contributed by atoms with Crippen LogP contribution in [0.15, 0.2) is 24.3 Å². The molecule has 6 heteroatoms. The van der Waals surface area contributed by atoms with Gasteiger partial charge in [-0.25, -0.2) is 4.79 Å². The minimum atomic E-state index is -0.907. The fraction of sp³-hybridized carbons (Fsp3) is 0.467. The van der Waals surface area contributed by atoms with Crippen LogP contribution < -0.4 is 10.2 Å². The summed E-state index contributed by atoms with van der Waals surface area (Å²) in [7, 11) is 3.80. The minimum Gasteiger partial charge on any atom is -0.481 e. The Labute approximate surface area is 125 Å². The number of aliphatic carboxylic acids is 1. The third kappa shape index (κ3) is 4.66. The molecule has 116 valence electrons. The third-order valence-electron chi connectivity index (χ3n) is 3.21. The number of urea groups is 1. The summed E-state index contributed by atoms with van der Waals surface area (Å²) in [5.41, 5.74) is 1.60. The van der Waals surface area contributed by atoms with E-state index in [0.717, 1.165) is 5.69 Å². The Bertz CT molecular complexity index is 503. The minimum absolute atomic E-state index is 0.182. The maximum absolute atomic E-state index is 12.3. The van der Waals surface area contributed by atoms with Gasteiger partial charge in [0.1, 0.15) is 0 Å². The molecular weight excluding hydrogens is 270 g/mol. The van der Waals surface area contributed by atoms with Crippen molar-refractivity contribution in [1.29, 1.82) is 0 Å². The van der Waals surface area contributed by atoms with E-state index >= 15 is 0 Å². The van der Waals surface area contributed by atoms with Gasteiger partial charge in [0.2, 0.25) is 0 Å². The summed E-state index contributed by atoms with van der Waals surface area (Å²) in [6.45, 7) is 4.05. The number of nitrogens with one attached hydrogen (secondary N) is 1. The van der Waals surface area contributed by atoms with E-state index in [1.165, 1.54) is 4.90 Å². The molecule has 6 nitrogen and oxygen atoms in total. The summed E-state index contributed by atoms with van der Waals surface area (Å²) in [6.07, 6.45) is 0. The number of hydrogen-bond acceptors (Lipinski definition) is 3. The van der Waals surface area contributed by atoms with Crippen LogP contribution in [0.2, 0.25) is 0 Å². The summed E-state index contributed by atoms with van der Waals surface area (Å²) in [5, 5.41) is 11.8. The van der Waals surface area contributed by atoms with Gasteiger partial charge in [0.25, 0.3) is 0 Å². The maximum Gasteiger partial charge on any atom is 0.321 e. The fourth-order valence-electron chi connectivity index (χ4n) is 1.93. The van der Waals surface area contributed by atoms with E-state index in [-0.39, 0.29) is 12.6 Å². The van der Waals surface area contributed by atoms with Crippen LogP contribution >= 0.6 is 0 Å². The van der Waals surface area contributed by atoms with Gasteiger partial charge in [-0.2, -0.15) is 0 Å². The van der Waals surface area contributed by atoms with Crippen molar-refractivity contribution in [3.63, 3.8) is 0 Å². The van der Waals surface area contributed by atoms with Crippen LogP contribution in [-0.2, 0) is 4.79 Å². The second-order valence-corrected chi connectivity index (χ2v) is 5.12. The Morgan fingerprint density at radius 3 is 2.43 bits per heavy atom. The number of carboxylic acids is 1. The topological polar surface area (TPSA) is 72.9 Å². The zero-order valence-corrected chi connectivity index (χ0v) is 13.0. The molecule has 0 bridgehead atoms. The zero-order valence-electron chi connectivity index (χ0n) is 13.0. The van der Waals surface area contributed by atoms with Crippen molar-refractivity contribution in [3.8, 4) is 0 Å². The molecule has 0 radical (unpaired) electrons. The quantitative estimate of drug-likeness (QED) is 0.844. The summed E-state index contributed by atoms with van der Waals surface area (Å²) < 4.78 is 0. The van der Waals surface area contributed by atoms with Gasteiger partial charge in [-0.1, -0.05) is 19.1 Å². The average Bonchev–Trinajstić information content (AvgIpc) is 2.44. The number of hydrogen-bond donors (Lipinski definition) is 2. The average molecular weight is 293 g/mol. The fourth-order valence-corrected chi connectivity index (χ4v) is 1.93. The number of amides is 2. The molecule has 0 aliphatic heterocycles. The van der Waals surface area contributed by atoms with Crippen LogP contribution in [-0.4, -0.2) is 49.2 Å². The summed E-state index contributed by atoms with van der Waals surface area (Å²) in [5.74, 6) is -1.50. The summed E-state index contributed by atoms with van der Waals surface area (Å²) in [4.78, 5) is 26.6. The molecule has 1 aromatic rings. The number of carbonyl (C=O) groups excluding carboxylic acids is 1. The van der Waals surface area contributed by atoms with E-state index in [0.29, 0.717) is 12.2 Å². The van der Waals surface area contributed by atoms with Crippen molar-refractivity contribution in [2.75, 3.05) is 37.4 Å². The molecule has 0 saturated heterocycles. The van der Waals surface area contributed by atoms with Crippen molar-refractivity contribution in [2.45, 2.75) is 13.8 Å². The van der Waals surface area contributed by atoms with Crippen molar-refractivity contribution in [1.82, 2.24) is 4.90 Å². The Kier molecular flexibility index (Phi) is 6.02. The van der Waals surface area contributed by atoms with Crippen LogP contribution in [0, 0.1) is 5.92 Å². The van der Waals surface area contributed by atoms with Gasteiger partial charge in [0, 0.05) is 27.2 Å². The van der Waals surface area contributed by atoms with Gasteiger partial charge in [-0.05, 0) is 19.1 Å². The molecule has 2 amide bonds. The van der Waals surface area contributed by atoms with Gasteiger partial charge in [-0.3, -0.25) is 4.79 Å². The highest BCUT2D eigenvalue weighted by Gasteiger charge is 2.20. The van der Waals surface area contributed by atoms with Crippen molar-refractivity contribution in [3.05, 3.63) is 24.3 Å². The lowest BCUT2D eigenvalue weighted by molar-refractivity contribution is -0.141. The van der Waals surface area contributed by atoms with E-state index in [1.807, 2.05) is 50.2 Å². The molecule has 0 saturated carbocycles. The molecule has 1 atom stereocenters. The second kappa shape index (κ2) is 7.52. The molecule has 0 heterocycles. The standard InChI is InChI=1S/C15H23N3O3/c1-5-18(10-11(2)14(19)20)15(21)16-12-8-6-7-9-13(12)17(3)4/h6-9,11H,5,10H2,1-4H3,(H,16,21)(H,19,20). The lowest BCUT2D eigenvalue weighted by Gasteiger charge is -2.25. The first-order chi connectivity index (χ1) is 9.86. The Hall–Kier alpha value is -2.24. The highest BCUT2D eigenvalue weighted by Crippen LogP contribution is 2.23. The number of nitrogens with zero attached hydrogens (tertiary/aromatic N) is 2. The van der Waals surface area contributed by atoms with Gasteiger partial charge < -0.3 is 20.2 Å². The zero-order chi connectivity index (χ0) is 16.0. The van der Waals surface area contributed by atoms with Crippen LogP contribution in [0.25, 0.3) is 0 Å². The number of carbonyl (C=O) groups is 2. The predicted molar refractivity (Wildman–Crippen MR) is 83.8 cm³/mol. The highest BCUT2D eigenvalue weighted by molar-refractivity contribution is 5.93. The van der Waals surface area contributed by atoms with E-state index in [9.17, 15) is 9.59 Å². The Morgan fingerprint density at radius 2 is 1.90 bits per heavy atom. The molecule has 0 spiro atoms. The highest BCUT2D eigenvalue weighted by atomic mass is 16.4. The SMILES string of the molecule is CCN(CC(C)C(=O)O)C(=O)Nc1ccccc1N(C)C. The second-order valence-electron chi connectivity index (χ2n) is 5.12. The number of anilines is 2. The predicted octanol–water partition coefficient (Wildman–Crippen LogP) is 2.33. The Balaban J connectivity index is 2.81. The number of carboxylic acid groups (broad SMARTS) is 1. The maximum atomic E-state index is 12.3. The normalized spacial score (nSPS) is 11.6. The van der Waals surface area contributed by atoms with Crippen LogP contribution in [0.3, 0.4) is 0 Å². The number of para-hydroxylation sites is 2. The largest absolute Gasteiger partial charge is 0.481 e. The third-order valence-corrected chi connectivity index (χ3v) is 3.21. The summed E-state index contributed by atoms with van der Waals surface area (Å²) in [6, 6.07) is 7.18. The molecular formula is C15H23N3O3. The number of benzene rings is 1. The van der Waals surface area contributed by atoms with E-state index < -0.39 is 11.9 Å². The van der Waals surface area contributed by atoms with E-state index in [4.69, 9.17) is 5.11 Å². The van der Waals surface area contributed by atoms with Crippen molar-refractivity contribution in [2.24, 2.45) is 5.92 Å². The molecule has 21 heavy (non-hydrogen) atoms. The van der Waals surface area contributed by atoms with Crippen LogP contribution in [0.4, 0.5) is 16.2 Å². The molecule has 1 aromatic carbocycles. The Morgan fingerprint density at radius 1 is 1.29 bits per heavy atom. The van der Waals surface area contributed by atoms with E-state index in [1.54, 1.807) is 6.92 Å². The smallest absolute Gasteiger partial charge is 0.321 e. The molecule has 0 fully saturated rings. The van der Waals surface area contributed by atoms with Gasteiger partial charge in [0.05, 0.1) is 17.3 Å². The lowest BCUT2D eigenvalue weighted by Crippen LogP contribution is -2.39. The lowest BCUT2D eigenvalue weighted by atomic mass is 10.2. The molecule has 0 aliphatic carbocycles. The van der Waals surface area contributed by atoms with Crippen molar-refractivity contribution >= 4 is 23.4 Å². The van der Waals surface area contributed by atoms with Crippen LogP contribution in [0.1, 0.15) is 13.8 Å². The molecule has 2 N–H and O–H groups in total. The van der Waals surface area contributed by atoms with Crippen LogP contribution in [0.5, 0.6) is 0 Å². The van der Waals surface area contributed by atoms with Crippen molar-refractivity contribution < 1.29 is 14.7 Å². The number of rotatable bonds is 6. The first-order valence-corrected chi connectivity index (χ1v) is 6.91. The van der Waals surface area contributed by atoms with Gasteiger partial charge in [-0.15, -0.1) is 0 Å². The summed E-state index contributed by atoms with van der Waals surface area (Å²) >= 11 is 0.